The number of carbonyl (C=O) groups excluding carboxylic acids is 1. The number of halogens is 1. The predicted octanol–water partition coefficient (Wildman–Crippen LogP) is 5.21. The van der Waals surface area contributed by atoms with Crippen molar-refractivity contribution in [1.82, 2.24) is 4.57 Å². The Hall–Kier alpha value is -3.40. The molecule has 2 N–H and O–H groups in total. The molecular formula is C24H21FN2O. The van der Waals surface area contributed by atoms with Gasteiger partial charge in [0.05, 0.1) is 5.69 Å². The van der Waals surface area contributed by atoms with Crippen LogP contribution in [0.2, 0.25) is 0 Å². The first-order chi connectivity index (χ1) is 13.4. The molecule has 3 nitrogen and oxygen atoms in total. The number of fused-ring (bicyclic) bond motifs is 1. The van der Waals surface area contributed by atoms with Crippen molar-refractivity contribution in [3.05, 3.63) is 94.8 Å². The molecule has 0 aliphatic carbocycles. The quantitative estimate of drug-likeness (QED) is 0.525. The minimum absolute atomic E-state index is 0.248. The maximum atomic E-state index is 13.3. The summed E-state index contributed by atoms with van der Waals surface area (Å²) in [6.07, 6.45) is 0. The van der Waals surface area contributed by atoms with Crippen molar-refractivity contribution < 1.29 is 9.18 Å². The Balaban J connectivity index is 1.96. The Labute approximate surface area is 163 Å². The van der Waals surface area contributed by atoms with Crippen LogP contribution in [0.15, 0.2) is 66.7 Å². The van der Waals surface area contributed by atoms with Crippen molar-refractivity contribution in [3.8, 4) is 11.3 Å². The van der Waals surface area contributed by atoms with Crippen molar-refractivity contribution >= 4 is 16.8 Å². The van der Waals surface area contributed by atoms with Crippen LogP contribution in [0.5, 0.6) is 0 Å². The van der Waals surface area contributed by atoms with E-state index in [2.05, 4.69) is 42.7 Å². The van der Waals surface area contributed by atoms with Gasteiger partial charge in [0.2, 0.25) is 5.91 Å². The highest BCUT2D eigenvalue weighted by atomic mass is 19.1. The molecule has 1 amide bonds. The highest BCUT2D eigenvalue weighted by molar-refractivity contribution is 6.00. The van der Waals surface area contributed by atoms with E-state index in [-0.39, 0.29) is 5.82 Å². The molecule has 0 radical (unpaired) electrons. The molecule has 0 saturated heterocycles. The van der Waals surface area contributed by atoms with E-state index >= 15 is 0 Å². The Morgan fingerprint density at radius 2 is 1.64 bits per heavy atom. The van der Waals surface area contributed by atoms with Crippen molar-refractivity contribution in [2.24, 2.45) is 5.73 Å². The zero-order valence-electron chi connectivity index (χ0n) is 15.9. The summed E-state index contributed by atoms with van der Waals surface area (Å²) in [4.78, 5) is 11.7. The largest absolute Gasteiger partial charge is 0.366 e. The van der Waals surface area contributed by atoms with Crippen LogP contribution in [-0.4, -0.2) is 10.5 Å². The van der Waals surface area contributed by atoms with Gasteiger partial charge in [-0.2, -0.15) is 0 Å². The monoisotopic (exact) mass is 372 g/mol. The van der Waals surface area contributed by atoms with Gasteiger partial charge in [-0.15, -0.1) is 0 Å². The number of amides is 1. The normalized spacial score (nSPS) is 11.1. The fourth-order valence-electron chi connectivity index (χ4n) is 3.70. The van der Waals surface area contributed by atoms with Gasteiger partial charge in [-0.1, -0.05) is 42.0 Å². The molecule has 0 fully saturated rings. The molecule has 4 heteroatoms. The number of nitrogens with two attached hydrogens (primary N) is 1. The average molecular weight is 372 g/mol. The van der Waals surface area contributed by atoms with Gasteiger partial charge in [0.15, 0.2) is 0 Å². The lowest BCUT2D eigenvalue weighted by Gasteiger charge is -2.13. The molecule has 1 aromatic heterocycles. The average Bonchev–Trinajstić information content (AvgIpc) is 2.96. The molecule has 0 spiro atoms. The minimum Gasteiger partial charge on any atom is -0.366 e. The molecule has 1 heterocycles. The summed E-state index contributed by atoms with van der Waals surface area (Å²) in [5.41, 5.74) is 12.5. The maximum absolute atomic E-state index is 13.3. The summed E-state index contributed by atoms with van der Waals surface area (Å²) in [7, 11) is 0. The van der Waals surface area contributed by atoms with Crippen molar-refractivity contribution in [3.63, 3.8) is 0 Å². The van der Waals surface area contributed by atoms with Crippen molar-refractivity contribution in [2.45, 2.75) is 20.4 Å². The standard InChI is InChI=1S/C24H21FN2O/c1-15-3-7-18(8-4-15)23-16(2)21-13-19(24(26)28)9-12-22(21)27(23)14-17-5-10-20(25)11-6-17/h3-13H,14H2,1-2H3,(H2,26,28). The van der Waals surface area contributed by atoms with Crippen LogP contribution in [0.25, 0.3) is 22.2 Å². The molecule has 4 rings (SSSR count). The third-order valence-electron chi connectivity index (χ3n) is 5.18. The van der Waals surface area contributed by atoms with Crippen LogP contribution in [0, 0.1) is 19.7 Å². The van der Waals surface area contributed by atoms with Gasteiger partial charge >= 0.3 is 0 Å². The van der Waals surface area contributed by atoms with Gasteiger partial charge in [0.1, 0.15) is 5.82 Å². The Kier molecular flexibility index (Phi) is 4.47. The first kappa shape index (κ1) is 18.0. The van der Waals surface area contributed by atoms with Crippen LogP contribution in [0.3, 0.4) is 0 Å². The summed E-state index contributed by atoms with van der Waals surface area (Å²) in [5.74, 6) is -0.688. The first-order valence-corrected chi connectivity index (χ1v) is 9.18. The fraction of sp³-hybridized carbons (Fsp3) is 0.125. The van der Waals surface area contributed by atoms with Gasteiger partial charge in [0.25, 0.3) is 0 Å². The van der Waals surface area contributed by atoms with Crippen LogP contribution >= 0.6 is 0 Å². The topological polar surface area (TPSA) is 48.0 Å². The Morgan fingerprint density at radius 3 is 2.29 bits per heavy atom. The van der Waals surface area contributed by atoms with E-state index in [0.717, 1.165) is 33.3 Å². The second-order valence-corrected chi connectivity index (χ2v) is 7.15. The van der Waals surface area contributed by atoms with E-state index in [0.29, 0.717) is 12.1 Å². The third kappa shape index (κ3) is 3.18. The highest BCUT2D eigenvalue weighted by Crippen LogP contribution is 2.34. The van der Waals surface area contributed by atoms with Gasteiger partial charge in [-0.05, 0) is 60.9 Å². The second kappa shape index (κ2) is 6.97. The number of hydrogen-bond acceptors (Lipinski definition) is 1. The summed E-state index contributed by atoms with van der Waals surface area (Å²) < 4.78 is 15.5. The SMILES string of the molecule is Cc1ccc(-c2c(C)c3cc(C(N)=O)ccc3n2Cc2ccc(F)cc2)cc1. The number of rotatable bonds is 4. The number of hydrogen-bond donors (Lipinski definition) is 1. The van der Waals surface area contributed by atoms with E-state index < -0.39 is 5.91 Å². The van der Waals surface area contributed by atoms with E-state index in [1.165, 1.54) is 17.7 Å². The minimum atomic E-state index is -0.440. The van der Waals surface area contributed by atoms with Gasteiger partial charge in [0, 0.05) is 23.0 Å². The molecule has 0 bridgehead atoms. The van der Waals surface area contributed by atoms with E-state index in [1.807, 2.05) is 12.1 Å². The van der Waals surface area contributed by atoms with Gasteiger partial charge < -0.3 is 10.3 Å². The molecule has 0 saturated carbocycles. The number of benzene rings is 3. The molecule has 3 aromatic carbocycles. The van der Waals surface area contributed by atoms with E-state index in [9.17, 15) is 9.18 Å². The van der Waals surface area contributed by atoms with Gasteiger partial charge in [-0.25, -0.2) is 4.39 Å². The van der Waals surface area contributed by atoms with Crippen molar-refractivity contribution in [2.75, 3.05) is 0 Å². The van der Waals surface area contributed by atoms with E-state index in [4.69, 9.17) is 5.73 Å². The van der Waals surface area contributed by atoms with Crippen LogP contribution in [-0.2, 0) is 6.54 Å². The smallest absolute Gasteiger partial charge is 0.248 e. The first-order valence-electron chi connectivity index (χ1n) is 9.18. The number of primary amides is 1. The maximum Gasteiger partial charge on any atom is 0.248 e. The van der Waals surface area contributed by atoms with Gasteiger partial charge in [-0.3, -0.25) is 4.79 Å². The molecule has 0 atom stereocenters. The van der Waals surface area contributed by atoms with Crippen molar-refractivity contribution in [1.29, 1.82) is 0 Å². The number of aromatic nitrogens is 1. The molecule has 28 heavy (non-hydrogen) atoms. The number of carbonyl (C=O) groups is 1. The Morgan fingerprint density at radius 1 is 0.964 bits per heavy atom. The zero-order valence-corrected chi connectivity index (χ0v) is 15.9. The molecule has 0 aliphatic rings. The lowest BCUT2D eigenvalue weighted by molar-refractivity contribution is 0.100. The molecule has 140 valence electrons. The second-order valence-electron chi connectivity index (χ2n) is 7.15. The molecule has 0 unspecified atom stereocenters. The molecule has 0 aliphatic heterocycles. The highest BCUT2D eigenvalue weighted by Gasteiger charge is 2.17. The summed E-state index contributed by atoms with van der Waals surface area (Å²) in [6, 6.07) is 20.5. The summed E-state index contributed by atoms with van der Waals surface area (Å²) >= 11 is 0. The Bertz CT molecular complexity index is 1170. The lowest BCUT2D eigenvalue weighted by Crippen LogP contribution is -2.10. The fourth-order valence-corrected chi connectivity index (χ4v) is 3.70. The lowest BCUT2D eigenvalue weighted by atomic mass is 10.0. The number of nitrogens with zero attached hydrogens (tertiary/aromatic N) is 1. The van der Waals surface area contributed by atoms with Crippen LogP contribution < -0.4 is 5.73 Å². The van der Waals surface area contributed by atoms with Crippen LogP contribution in [0.4, 0.5) is 4.39 Å². The zero-order chi connectivity index (χ0) is 19.8. The molecule has 4 aromatic rings. The third-order valence-corrected chi connectivity index (χ3v) is 5.18. The molecular weight excluding hydrogens is 351 g/mol. The summed E-state index contributed by atoms with van der Waals surface area (Å²) in [6.45, 7) is 4.72. The predicted molar refractivity (Wildman–Crippen MR) is 111 cm³/mol. The number of aryl methyl sites for hydroxylation is 2. The van der Waals surface area contributed by atoms with Crippen LogP contribution in [0.1, 0.15) is 27.0 Å². The summed E-state index contributed by atoms with van der Waals surface area (Å²) in [5, 5.41) is 0.994. The van der Waals surface area contributed by atoms with E-state index in [1.54, 1.807) is 18.2 Å².